The summed E-state index contributed by atoms with van der Waals surface area (Å²) >= 11 is 5.77. The van der Waals surface area contributed by atoms with Gasteiger partial charge in [-0.15, -0.1) is 23.6 Å². The van der Waals surface area contributed by atoms with Crippen LogP contribution in [0.1, 0.15) is 0 Å². The van der Waals surface area contributed by atoms with Crippen molar-refractivity contribution in [3.63, 3.8) is 0 Å². The summed E-state index contributed by atoms with van der Waals surface area (Å²) in [5.74, 6) is 0. The maximum absolute atomic E-state index is 5.77. The number of nitrogens with zero attached hydrogens (tertiary/aromatic N) is 1. The topological polar surface area (TPSA) is 12.9 Å². The molecule has 1 heterocycles. The van der Waals surface area contributed by atoms with Crippen molar-refractivity contribution in [1.29, 1.82) is 0 Å². The molecule has 0 spiro atoms. The van der Waals surface area contributed by atoms with Crippen LogP contribution in [-0.2, 0) is 0 Å². The Morgan fingerprint density at radius 2 is 2.17 bits per heavy atom. The Labute approximate surface area is 87.9 Å². The smallest absolute Gasteiger partial charge is 0.352 e. The summed E-state index contributed by atoms with van der Waals surface area (Å²) in [6.07, 6.45) is 1.72. The third-order valence-corrected chi connectivity index (χ3v) is 1.72. The second kappa shape index (κ2) is 3.96. The predicted octanol–water partition coefficient (Wildman–Crippen LogP) is -0.308. The Morgan fingerprint density at radius 3 is 3.00 bits per heavy atom. The van der Waals surface area contributed by atoms with Gasteiger partial charge in [0.25, 0.3) is 0 Å². The zero-order chi connectivity index (χ0) is 7.68. The molecule has 0 N–H and O–H groups in total. The van der Waals surface area contributed by atoms with Crippen molar-refractivity contribution >= 4 is 22.5 Å². The van der Waals surface area contributed by atoms with E-state index < -0.39 is 0 Å². The third kappa shape index (κ3) is 1.81. The van der Waals surface area contributed by atoms with E-state index in [0.717, 1.165) is 15.9 Å². The Morgan fingerprint density at radius 1 is 1.33 bits per heavy atom. The first kappa shape index (κ1) is 9.60. The minimum Gasteiger partial charge on any atom is -0.352 e. The van der Waals surface area contributed by atoms with Crippen LogP contribution in [0.2, 0.25) is 5.02 Å². The van der Waals surface area contributed by atoms with Crippen molar-refractivity contribution in [3.05, 3.63) is 41.6 Å². The summed E-state index contributed by atoms with van der Waals surface area (Å²) < 4.78 is 0. The normalized spacial score (nSPS) is 9.42. The van der Waals surface area contributed by atoms with Gasteiger partial charge in [0.1, 0.15) is 0 Å². The van der Waals surface area contributed by atoms with Gasteiger partial charge in [0.15, 0.2) is 0 Å². The third-order valence-electron chi connectivity index (χ3n) is 1.49. The molecule has 0 amide bonds. The van der Waals surface area contributed by atoms with Gasteiger partial charge in [0.2, 0.25) is 0 Å². The van der Waals surface area contributed by atoms with E-state index in [9.17, 15) is 0 Å². The van der Waals surface area contributed by atoms with E-state index in [1.54, 1.807) is 12.3 Å². The van der Waals surface area contributed by atoms with E-state index in [2.05, 4.69) is 11.1 Å². The van der Waals surface area contributed by atoms with Crippen LogP contribution in [0, 0.1) is 6.07 Å². The van der Waals surface area contributed by atoms with Crippen LogP contribution in [0.15, 0.2) is 30.5 Å². The number of halogens is 1. The van der Waals surface area contributed by atoms with E-state index in [0.29, 0.717) is 0 Å². The molecule has 3 heteroatoms. The van der Waals surface area contributed by atoms with Gasteiger partial charge in [-0.3, -0.25) is 0 Å². The fraction of sp³-hybridized carbons (Fsp3) is 0. The zero-order valence-corrected chi connectivity index (χ0v) is 7.47. The van der Waals surface area contributed by atoms with Crippen LogP contribution < -0.4 is 18.9 Å². The van der Waals surface area contributed by atoms with Crippen molar-refractivity contribution in [2.24, 2.45) is 0 Å². The minimum atomic E-state index is 0. The maximum atomic E-state index is 5.77. The Bertz CT molecular complexity index is 389. The van der Waals surface area contributed by atoms with Crippen LogP contribution in [0.3, 0.4) is 0 Å². The fourth-order valence-corrected chi connectivity index (χ4v) is 1.15. The molecule has 12 heavy (non-hydrogen) atoms. The van der Waals surface area contributed by atoms with E-state index >= 15 is 0 Å². The van der Waals surface area contributed by atoms with Gasteiger partial charge in [-0.05, 0) is 10.5 Å². The monoisotopic (exact) mass is 169 g/mol. The number of hydrogen-bond acceptors (Lipinski definition) is 1. The first-order chi connectivity index (χ1) is 5.36. The molecule has 0 bridgehead atoms. The largest absolute Gasteiger partial charge is 1.00 e. The molecule has 0 saturated carbocycles. The molecule has 2 aromatic rings. The number of hydrogen-bond donors (Lipinski definition) is 0. The predicted molar refractivity (Wildman–Crippen MR) is 45.6 cm³/mol. The molecule has 0 fully saturated rings. The molecule has 1 aromatic heterocycles. The molecule has 0 aliphatic rings. The van der Waals surface area contributed by atoms with E-state index in [1.165, 1.54) is 0 Å². The fourth-order valence-electron chi connectivity index (χ4n) is 0.981. The summed E-state index contributed by atoms with van der Waals surface area (Å²) in [6, 6.07) is 10.4. The van der Waals surface area contributed by atoms with Crippen molar-refractivity contribution in [1.82, 2.24) is 4.98 Å². The maximum Gasteiger partial charge on any atom is 1.00 e. The number of pyridine rings is 1. The minimum absolute atomic E-state index is 0. The van der Waals surface area contributed by atoms with E-state index in [4.69, 9.17) is 11.6 Å². The molecule has 0 aliphatic carbocycles. The molecule has 0 atom stereocenters. The summed E-state index contributed by atoms with van der Waals surface area (Å²) in [5, 5.41) is 1.68. The van der Waals surface area contributed by atoms with Crippen LogP contribution in [0.25, 0.3) is 10.9 Å². The first-order valence-corrected chi connectivity index (χ1v) is 3.66. The molecular formula is C9H5ClLiN. The molecule has 0 aliphatic heterocycles. The van der Waals surface area contributed by atoms with Gasteiger partial charge >= 0.3 is 18.9 Å². The van der Waals surface area contributed by atoms with Crippen LogP contribution >= 0.6 is 11.6 Å². The zero-order valence-electron chi connectivity index (χ0n) is 6.71. The molecule has 0 saturated heterocycles. The average Bonchev–Trinajstić information content (AvgIpc) is 2.04. The Balaban J connectivity index is 0.000000720. The number of rotatable bonds is 0. The van der Waals surface area contributed by atoms with Crippen molar-refractivity contribution in [2.75, 3.05) is 0 Å². The van der Waals surface area contributed by atoms with Gasteiger partial charge in [-0.1, -0.05) is 29.9 Å². The van der Waals surface area contributed by atoms with Gasteiger partial charge in [-0.25, -0.2) is 0 Å². The van der Waals surface area contributed by atoms with Crippen molar-refractivity contribution in [3.8, 4) is 0 Å². The SMILES string of the molecule is Clc1ccc2ncc[c-]c2c1.[Li+]. The molecule has 2 rings (SSSR count). The van der Waals surface area contributed by atoms with Crippen molar-refractivity contribution < 1.29 is 18.9 Å². The van der Waals surface area contributed by atoms with Crippen LogP contribution in [-0.4, -0.2) is 4.98 Å². The molecule has 1 aromatic carbocycles. The van der Waals surface area contributed by atoms with Gasteiger partial charge in [0, 0.05) is 0 Å². The first-order valence-electron chi connectivity index (χ1n) is 3.28. The molecule has 54 valence electrons. The average molecular weight is 170 g/mol. The van der Waals surface area contributed by atoms with E-state index in [-0.39, 0.29) is 18.9 Å². The van der Waals surface area contributed by atoms with Crippen molar-refractivity contribution in [2.45, 2.75) is 0 Å². The number of benzene rings is 1. The number of aromatic nitrogens is 1. The molecule has 0 radical (unpaired) electrons. The van der Waals surface area contributed by atoms with Gasteiger partial charge in [0.05, 0.1) is 0 Å². The summed E-state index contributed by atoms with van der Waals surface area (Å²) in [7, 11) is 0. The van der Waals surface area contributed by atoms with E-state index in [1.807, 2.05) is 18.2 Å². The second-order valence-electron chi connectivity index (χ2n) is 2.25. The Kier molecular flexibility index (Phi) is 3.17. The van der Waals surface area contributed by atoms with Crippen LogP contribution in [0.5, 0.6) is 0 Å². The Hall–Kier alpha value is -0.483. The summed E-state index contributed by atoms with van der Waals surface area (Å²) in [5.41, 5.74) is 0.928. The molecular weight excluding hydrogens is 164 g/mol. The summed E-state index contributed by atoms with van der Waals surface area (Å²) in [6.45, 7) is 0. The number of fused-ring (bicyclic) bond motifs is 1. The molecule has 1 nitrogen and oxygen atoms in total. The van der Waals surface area contributed by atoms with Crippen LogP contribution in [0.4, 0.5) is 0 Å². The standard InChI is InChI=1S/C9H5ClN.Li/c10-8-3-4-9-7(6-8)2-1-5-11-9;/h1,3-6H;/q-1;+1. The quantitative estimate of drug-likeness (QED) is 0.390. The van der Waals surface area contributed by atoms with Gasteiger partial charge < -0.3 is 4.98 Å². The summed E-state index contributed by atoms with van der Waals surface area (Å²) in [4.78, 5) is 4.13. The molecule has 0 unspecified atom stereocenters. The second-order valence-corrected chi connectivity index (χ2v) is 2.69. The van der Waals surface area contributed by atoms with Gasteiger partial charge in [-0.2, -0.15) is 0 Å².